The van der Waals surface area contributed by atoms with E-state index in [0.29, 0.717) is 18.1 Å². The zero-order valence-electron chi connectivity index (χ0n) is 17.1. The van der Waals surface area contributed by atoms with Gasteiger partial charge in [0.1, 0.15) is 0 Å². The van der Waals surface area contributed by atoms with Crippen LogP contribution in [-0.4, -0.2) is 46.2 Å². The van der Waals surface area contributed by atoms with Crippen molar-refractivity contribution in [1.29, 1.82) is 0 Å². The summed E-state index contributed by atoms with van der Waals surface area (Å²) in [5.41, 5.74) is 2.98. The van der Waals surface area contributed by atoms with E-state index in [9.17, 15) is 9.59 Å². The fourth-order valence-corrected chi connectivity index (χ4v) is 5.25. The molecule has 2 amide bonds. The minimum atomic E-state index is -1.03. The summed E-state index contributed by atoms with van der Waals surface area (Å²) >= 11 is 6.12. The topological polar surface area (TPSA) is 56.4 Å². The summed E-state index contributed by atoms with van der Waals surface area (Å²) in [5, 5.41) is 1.78. The number of para-hydroxylation sites is 1. The van der Waals surface area contributed by atoms with E-state index in [-0.39, 0.29) is 24.3 Å². The van der Waals surface area contributed by atoms with Gasteiger partial charge in [-0.3, -0.25) is 9.59 Å². The highest BCUT2D eigenvalue weighted by molar-refractivity contribution is 6.30. The zero-order chi connectivity index (χ0) is 21.0. The van der Waals surface area contributed by atoms with Gasteiger partial charge in [0.2, 0.25) is 5.91 Å². The third-order valence-electron chi connectivity index (χ3n) is 6.58. The van der Waals surface area contributed by atoms with Crippen LogP contribution in [0.15, 0.2) is 48.5 Å². The number of piperazine rings is 1. The monoisotopic (exact) mass is 421 g/mol. The Morgan fingerprint density at radius 2 is 1.87 bits per heavy atom. The first-order valence-electron chi connectivity index (χ1n) is 10.4. The third-order valence-corrected chi connectivity index (χ3v) is 6.84. The van der Waals surface area contributed by atoms with Gasteiger partial charge in [0.25, 0.3) is 5.91 Å². The van der Waals surface area contributed by atoms with Crippen molar-refractivity contribution in [3.8, 4) is 0 Å². The Bertz CT molecular complexity index is 1150. The van der Waals surface area contributed by atoms with Gasteiger partial charge in [-0.1, -0.05) is 48.9 Å². The molecule has 1 saturated heterocycles. The molecule has 3 heterocycles. The molecule has 2 aliphatic heterocycles. The van der Waals surface area contributed by atoms with Gasteiger partial charge >= 0.3 is 0 Å². The Kier molecular flexibility index (Phi) is 4.40. The number of benzene rings is 2. The molecule has 6 heteroatoms. The average Bonchev–Trinajstić information content (AvgIpc) is 3.14. The molecule has 2 aliphatic rings. The summed E-state index contributed by atoms with van der Waals surface area (Å²) in [6.07, 6.45) is 0.821. The van der Waals surface area contributed by atoms with E-state index in [2.05, 4.69) is 11.1 Å². The van der Waals surface area contributed by atoms with Gasteiger partial charge in [0, 0.05) is 34.9 Å². The van der Waals surface area contributed by atoms with Crippen molar-refractivity contribution in [1.82, 2.24) is 14.8 Å². The molecular formula is C24H24ClN3O2. The van der Waals surface area contributed by atoms with Crippen molar-refractivity contribution >= 4 is 34.3 Å². The Hall–Kier alpha value is -2.79. The van der Waals surface area contributed by atoms with Crippen LogP contribution in [0.1, 0.15) is 43.0 Å². The predicted molar refractivity (Wildman–Crippen MR) is 118 cm³/mol. The molecule has 0 radical (unpaired) electrons. The number of nitrogens with one attached hydrogen (secondary N) is 1. The van der Waals surface area contributed by atoms with Crippen LogP contribution in [0.5, 0.6) is 0 Å². The number of halogens is 1. The zero-order valence-corrected chi connectivity index (χ0v) is 17.9. The Morgan fingerprint density at radius 3 is 2.60 bits per heavy atom. The fourth-order valence-electron chi connectivity index (χ4n) is 5.12. The summed E-state index contributed by atoms with van der Waals surface area (Å²) in [6.45, 7) is 5.12. The van der Waals surface area contributed by atoms with E-state index in [1.807, 2.05) is 56.3 Å². The summed E-state index contributed by atoms with van der Waals surface area (Å²) < 4.78 is 0. The molecule has 1 fully saturated rings. The van der Waals surface area contributed by atoms with Gasteiger partial charge in [-0.05, 0) is 42.7 Å². The molecule has 0 aliphatic carbocycles. The maximum Gasteiger partial charge on any atom is 0.254 e. The van der Waals surface area contributed by atoms with Crippen molar-refractivity contribution < 1.29 is 9.59 Å². The second kappa shape index (κ2) is 6.88. The first-order chi connectivity index (χ1) is 14.4. The second-order valence-corrected chi connectivity index (χ2v) is 8.80. The number of aromatic amines is 1. The second-order valence-electron chi connectivity index (χ2n) is 8.37. The highest BCUT2D eigenvalue weighted by atomic mass is 35.5. The number of carbonyl (C=O) groups excluding carboxylic acids is 2. The molecule has 2 aromatic carbocycles. The predicted octanol–water partition coefficient (Wildman–Crippen LogP) is 4.26. The smallest absolute Gasteiger partial charge is 0.254 e. The molecule has 0 unspecified atom stereocenters. The lowest BCUT2D eigenvalue weighted by atomic mass is 9.76. The molecule has 5 nitrogen and oxygen atoms in total. The van der Waals surface area contributed by atoms with Crippen LogP contribution in [0.25, 0.3) is 10.9 Å². The lowest BCUT2D eigenvalue weighted by Crippen LogP contribution is -2.67. The van der Waals surface area contributed by atoms with Crippen molar-refractivity contribution in [2.45, 2.75) is 31.7 Å². The van der Waals surface area contributed by atoms with Gasteiger partial charge < -0.3 is 14.8 Å². The van der Waals surface area contributed by atoms with Crippen LogP contribution >= 0.6 is 11.6 Å². The molecule has 5 rings (SSSR count). The van der Waals surface area contributed by atoms with Crippen molar-refractivity contribution in [3.05, 3.63) is 70.4 Å². The Balaban J connectivity index is 1.76. The lowest BCUT2D eigenvalue weighted by molar-refractivity contribution is -0.166. The highest BCUT2D eigenvalue weighted by Gasteiger charge is 2.55. The van der Waals surface area contributed by atoms with E-state index in [0.717, 1.165) is 34.1 Å². The van der Waals surface area contributed by atoms with Gasteiger partial charge in [-0.25, -0.2) is 0 Å². The average molecular weight is 422 g/mol. The number of amides is 2. The number of rotatable bonds is 3. The number of H-pyrrole nitrogens is 1. The molecule has 3 aromatic rings. The number of carbonyl (C=O) groups is 2. The summed E-state index contributed by atoms with van der Waals surface area (Å²) in [7, 11) is 0. The third kappa shape index (κ3) is 2.61. The van der Waals surface area contributed by atoms with Crippen molar-refractivity contribution in [3.63, 3.8) is 0 Å². The normalized spacial score (nSPS) is 23.6. The van der Waals surface area contributed by atoms with Crippen LogP contribution in [-0.2, 0) is 15.1 Å². The maximum atomic E-state index is 13.6. The quantitative estimate of drug-likeness (QED) is 0.686. The van der Waals surface area contributed by atoms with Crippen molar-refractivity contribution in [2.24, 2.45) is 0 Å². The van der Waals surface area contributed by atoms with E-state index in [1.165, 1.54) is 0 Å². The van der Waals surface area contributed by atoms with Gasteiger partial charge in [0.05, 0.1) is 12.2 Å². The molecule has 1 aromatic heterocycles. The molecule has 154 valence electrons. The van der Waals surface area contributed by atoms with E-state index in [1.54, 1.807) is 9.80 Å². The highest BCUT2D eigenvalue weighted by Crippen LogP contribution is 2.48. The number of nitrogens with zero attached hydrogens (tertiary/aromatic N) is 2. The summed E-state index contributed by atoms with van der Waals surface area (Å²) in [6, 6.07) is 15.9. The van der Waals surface area contributed by atoms with Crippen molar-refractivity contribution in [2.75, 3.05) is 19.6 Å². The van der Waals surface area contributed by atoms with Crippen LogP contribution < -0.4 is 0 Å². The summed E-state index contributed by atoms with van der Waals surface area (Å²) in [5.74, 6) is -0.0453. The van der Waals surface area contributed by atoms with Gasteiger partial charge in [-0.2, -0.15) is 0 Å². The standard InChI is InChI=1S/C24H24ClN3O2/c1-3-12-27-14-20(29)28-13-18(15-8-10-16(25)11-9-15)21-17-6-4-5-7-19(17)26-22(21)24(28,2)23(27)30/h4-11,18,26H,3,12-14H2,1-2H3/t18-,24-/m0/s1. The van der Waals surface area contributed by atoms with Crippen LogP contribution in [0.2, 0.25) is 5.02 Å². The number of aromatic nitrogens is 1. The van der Waals surface area contributed by atoms with Crippen LogP contribution in [0.3, 0.4) is 0 Å². The summed E-state index contributed by atoms with van der Waals surface area (Å²) in [4.78, 5) is 33.9. The lowest BCUT2D eigenvalue weighted by Gasteiger charge is -2.51. The molecule has 2 atom stereocenters. The van der Waals surface area contributed by atoms with Crippen LogP contribution in [0, 0.1) is 0 Å². The molecular weight excluding hydrogens is 398 g/mol. The number of fused-ring (bicyclic) bond motifs is 5. The fraction of sp³-hybridized carbons (Fsp3) is 0.333. The molecule has 0 spiro atoms. The van der Waals surface area contributed by atoms with Gasteiger partial charge in [0.15, 0.2) is 5.54 Å². The van der Waals surface area contributed by atoms with E-state index in [4.69, 9.17) is 11.6 Å². The number of hydrogen-bond acceptors (Lipinski definition) is 2. The molecule has 0 saturated carbocycles. The van der Waals surface area contributed by atoms with E-state index >= 15 is 0 Å². The Morgan fingerprint density at radius 1 is 1.13 bits per heavy atom. The Labute approximate surface area is 180 Å². The number of hydrogen-bond donors (Lipinski definition) is 1. The largest absolute Gasteiger partial charge is 0.356 e. The maximum absolute atomic E-state index is 13.6. The van der Waals surface area contributed by atoms with Crippen LogP contribution in [0.4, 0.5) is 0 Å². The first kappa shape index (κ1) is 19.2. The molecule has 30 heavy (non-hydrogen) atoms. The minimum absolute atomic E-state index is 0.00572. The SMILES string of the molecule is CCCN1CC(=O)N2C[C@@H](c3ccc(Cl)cc3)c3c([nH]c4ccccc34)[C@@]2(C)C1=O. The van der Waals surface area contributed by atoms with E-state index < -0.39 is 5.54 Å². The first-order valence-corrected chi connectivity index (χ1v) is 10.8. The minimum Gasteiger partial charge on any atom is -0.356 e. The molecule has 1 N–H and O–H groups in total. The molecule has 0 bridgehead atoms. The van der Waals surface area contributed by atoms with Gasteiger partial charge in [-0.15, -0.1) is 0 Å².